The monoisotopic (exact) mass is 244 g/mol. The van der Waals surface area contributed by atoms with E-state index in [9.17, 15) is 0 Å². The minimum absolute atomic E-state index is 0.200. The lowest BCUT2D eigenvalue weighted by molar-refractivity contribution is 0.417. The lowest BCUT2D eigenvalue weighted by Crippen LogP contribution is -2.21. The number of hydrogen-bond donors (Lipinski definition) is 1. The molecule has 18 heavy (non-hydrogen) atoms. The van der Waals surface area contributed by atoms with Gasteiger partial charge in [0, 0.05) is 6.04 Å². The molecule has 0 heterocycles. The summed E-state index contributed by atoms with van der Waals surface area (Å²) in [6.07, 6.45) is 1.98. The van der Waals surface area contributed by atoms with Crippen LogP contribution in [0, 0.1) is 23.7 Å². The summed E-state index contributed by atoms with van der Waals surface area (Å²) in [5.74, 6) is 0. The quantitative estimate of drug-likeness (QED) is 0.768. The van der Waals surface area contributed by atoms with Crippen LogP contribution < -0.4 is 5.32 Å². The number of nitrogens with one attached hydrogen (secondary N) is 1. The fraction of sp³-hybridized carbons (Fsp3) is 0.562. The Kier molecular flexibility index (Phi) is 5.37. The number of nitrogens with zero attached hydrogens (tertiary/aromatic N) is 1. The van der Waals surface area contributed by atoms with Crippen molar-refractivity contribution in [1.82, 2.24) is 5.32 Å². The van der Waals surface area contributed by atoms with Crippen LogP contribution in [0.5, 0.6) is 0 Å². The predicted octanol–water partition coefficient (Wildman–Crippen LogP) is 3.98. The fourth-order valence-corrected chi connectivity index (χ4v) is 1.88. The smallest absolute Gasteiger partial charge is 0.0683 e. The first kappa shape index (κ1) is 14.7. The van der Waals surface area contributed by atoms with Gasteiger partial charge in [0.15, 0.2) is 0 Å². The third-order valence-corrected chi connectivity index (χ3v) is 3.31. The molecule has 0 fully saturated rings. The number of aryl methyl sites for hydroxylation is 1. The summed E-state index contributed by atoms with van der Waals surface area (Å²) >= 11 is 0. The Labute approximate surface area is 111 Å². The normalized spacial score (nSPS) is 13.1. The van der Waals surface area contributed by atoms with Crippen LogP contribution in [-0.2, 0) is 0 Å². The van der Waals surface area contributed by atoms with Gasteiger partial charge in [-0.05, 0) is 52.6 Å². The summed E-state index contributed by atoms with van der Waals surface area (Å²) < 4.78 is 0. The summed E-state index contributed by atoms with van der Waals surface area (Å²) in [7, 11) is 0. The first-order valence-electron chi connectivity index (χ1n) is 6.66. The van der Waals surface area contributed by atoms with Crippen molar-refractivity contribution in [1.29, 1.82) is 5.26 Å². The molecule has 2 nitrogen and oxygen atoms in total. The molecule has 0 aliphatic carbocycles. The van der Waals surface area contributed by atoms with Gasteiger partial charge in [0.25, 0.3) is 0 Å². The minimum Gasteiger partial charge on any atom is -0.310 e. The van der Waals surface area contributed by atoms with Gasteiger partial charge in [-0.15, -0.1) is 0 Å². The second-order valence-electron chi connectivity index (χ2n) is 5.69. The maximum Gasteiger partial charge on any atom is 0.0683 e. The average molecular weight is 244 g/mol. The maximum absolute atomic E-state index is 8.94. The first-order chi connectivity index (χ1) is 8.44. The fourth-order valence-electron chi connectivity index (χ4n) is 1.88. The largest absolute Gasteiger partial charge is 0.310 e. The van der Waals surface area contributed by atoms with E-state index in [1.54, 1.807) is 0 Å². The summed E-state index contributed by atoms with van der Waals surface area (Å²) in [6.45, 7) is 9.24. The van der Waals surface area contributed by atoms with Crippen molar-refractivity contribution in [3.63, 3.8) is 0 Å². The molecule has 98 valence electrons. The number of hydrogen-bond acceptors (Lipinski definition) is 2. The van der Waals surface area contributed by atoms with Gasteiger partial charge in [-0.3, -0.25) is 0 Å². The third kappa shape index (κ3) is 4.89. The third-order valence-electron chi connectivity index (χ3n) is 3.31. The van der Waals surface area contributed by atoms with Crippen LogP contribution in [0.3, 0.4) is 0 Å². The Balaban J connectivity index is 2.32. The second-order valence-corrected chi connectivity index (χ2v) is 5.69. The lowest BCUT2D eigenvalue weighted by atomic mass is 9.90. The number of benzene rings is 1. The van der Waals surface area contributed by atoms with E-state index >= 15 is 0 Å². The molecule has 0 saturated heterocycles. The Morgan fingerprint density at radius 3 is 2.44 bits per heavy atom. The SMILES string of the molecule is Cc1ccc(C(C)NCCCC(C)(C)C#N)cc1. The minimum atomic E-state index is -0.200. The summed E-state index contributed by atoms with van der Waals surface area (Å²) in [5.41, 5.74) is 2.41. The van der Waals surface area contributed by atoms with Gasteiger partial charge in [-0.1, -0.05) is 29.8 Å². The highest BCUT2D eigenvalue weighted by Crippen LogP contribution is 2.20. The van der Waals surface area contributed by atoms with Gasteiger partial charge in [0.05, 0.1) is 11.5 Å². The van der Waals surface area contributed by atoms with Crippen molar-refractivity contribution >= 4 is 0 Å². The molecule has 0 aromatic heterocycles. The molecule has 1 aromatic rings. The molecule has 0 saturated carbocycles. The Morgan fingerprint density at radius 1 is 1.28 bits per heavy atom. The van der Waals surface area contributed by atoms with E-state index in [1.165, 1.54) is 11.1 Å². The molecule has 0 aliphatic rings. The molecule has 1 N–H and O–H groups in total. The number of nitriles is 1. The topological polar surface area (TPSA) is 35.8 Å². The summed E-state index contributed by atoms with van der Waals surface area (Å²) in [5, 5.41) is 12.4. The van der Waals surface area contributed by atoms with Crippen molar-refractivity contribution in [2.45, 2.75) is 46.6 Å². The van der Waals surface area contributed by atoms with Gasteiger partial charge < -0.3 is 5.32 Å². The Morgan fingerprint density at radius 2 is 1.89 bits per heavy atom. The van der Waals surface area contributed by atoms with Crippen LogP contribution in [0.2, 0.25) is 0 Å². The molecule has 0 spiro atoms. The molecular formula is C16H24N2. The van der Waals surface area contributed by atoms with Gasteiger partial charge in [0.2, 0.25) is 0 Å². The van der Waals surface area contributed by atoms with Crippen molar-refractivity contribution < 1.29 is 0 Å². The van der Waals surface area contributed by atoms with E-state index < -0.39 is 0 Å². The Bertz CT molecular complexity index is 398. The van der Waals surface area contributed by atoms with Crippen LogP contribution in [-0.4, -0.2) is 6.54 Å². The molecule has 1 rings (SSSR count). The maximum atomic E-state index is 8.94. The molecule has 0 radical (unpaired) electrons. The van der Waals surface area contributed by atoms with Gasteiger partial charge in [0.1, 0.15) is 0 Å². The molecule has 1 atom stereocenters. The van der Waals surface area contributed by atoms with E-state index in [1.807, 2.05) is 13.8 Å². The van der Waals surface area contributed by atoms with Crippen molar-refractivity contribution in [3.8, 4) is 6.07 Å². The average Bonchev–Trinajstić information content (AvgIpc) is 2.35. The highest BCUT2D eigenvalue weighted by molar-refractivity contribution is 5.23. The van der Waals surface area contributed by atoms with E-state index in [4.69, 9.17) is 5.26 Å². The van der Waals surface area contributed by atoms with Crippen molar-refractivity contribution in [3.05, 3.63) is 35.4 Å². The number of rotatable bonds is 6. The van der Waals surface area contributed by atoms with E-state index in [-0.39, 0.29) is 5.41 Å². The zero-order chi connectivity index (χ0) is 13.6. The highest BCUT2D eigenvalue weighted by Gasteiger charge is 2.15. The van der Waals surface area contributed by atoms with Gasteiger partial charge >= 0.3 is 0 Å². The Hall–Kier alpha value is -1.33. The van der Waals surface area contributed by atoms with E-state index in [2.05, 4.69) is 49.5 Å². The van der Waals surface area contributed by atoms with E-state index in [0.29, 0.717) is 6.04 Å². The van der Waals surface area contributed by atoms with Crippen LogP contribution in [0.1, 0.15) is 50.8 Å². The molecule has 1 aromatic carbocycles. The second kappa shape index (κ2) is 6.56. The van der Waals surface area contributed by atoms with Crippen molar-refractivity contribution in [2.75, 3.05) is 6.54 Å². The van der Waals surface area contributed by atoms with Crippen LogP contribution >= 0.6 is 0 Å². The molecule has 0 aliphatic heterocycles. The zero-order valence-electron chi connectivity index (χ0n) is 12.0. The zero-order valence-corrected chi connectivity index (χ0v) is 12.0. The molecule has 2 heteroatoms. The van der Waals surface area contributed by atoms with Crippen LogP contribution in [0.25, 0.3) is 0 Å². The summed E-state index contributed by atoms with van der Waals surface area (Å²) in [6, 6.07) is 11.3. The van der Waals surface area contributed by atoms with Crippen molar-refractivity contribution in [2.24, 2.45) is 5.41 Å². The molecule has 0 amide bonds. The van der Waals surface area contributed by atoms with Gasteiger partial charge in [-0.25, -0.2) is 0 Å². The molecule has 0 bridgehead atoms. The van der Waals surface area contributed by atoms with Crippen LogP contribution in [0.4, 0.5) is 0 Å². The highest BCUT2D eigenvalue weighted by atomic mass is 14.9. The lowest BCUT2D eigenvalue weighted by Gasteiger charge is -2.17. The molecule has 1 unspecified atom stereocenters. The van der Waals surface area contributed by atoms with Crippen LogP contribution in [0.15, 0.2) is 24.3 Å². The standard InChI is InChI=1S/C16H24N2/c1-13-6-8-15(9-7-13)14(2)18-11-5-10-16(3,4)12-17/h6-9,14,18H,5,10-11H2,1-4H3. The predicted molar refractivity (Wildman–Crippen MR) is 76.2 cm³/mol. The molecular weight excluding hydrogens is 220 g/mol. The first-order valence-corrected chi connectivity index (χ1v) is 6.66. The van der Waals surface area contributed by atoms with Gasteiger partial charge in [-0.2, -0.15) is 5.26 Å². The summed E-state index contributed by atoms with van der Waals surface area (Å²) in [4.78, 5) is 0. The van der Waals surface area contributed by atoms with E-state index in [0.717, 1.165) is 19.4 Å².